The molecule has 1 saturated heterocycles. The molecule has 0 bridgehead atoms. The molecular formula is C16H22N2O2. The van der Waals surface area contributed by atoms with E-state index >= 15 is 0 Å². The highest BCUT2D eigenvalue weighted by Gasteiger charge is 2.38. The summed E-state index contributed by atoms with van der Waals surface area (Å²) in [4.78, 5) is 2.59. The smallest absolute Gasteiger partial charge is 0.119 e. The molecule has 1 aromatic rings. The van der Waals surface area contributed by atoms with Gasteiger partial charge in [-0.05, 0) is 42.5 Å². The van der Waals surface area contributed by atoms with Gasteiger partial charge in [0.2, 0.25) is 0 Å². The molecule has 2 fully saturated rings. The van der Waals surface area contributed by atoms with E-state index in [2.05, 4.69) is 22.3 Å². The minimum absolute atomic E-state index is 0.457. The lowest BCUT2D eigenvalue weighted by Gasteiger charge is -2.37. The summed E-state index contributed by atoms with van der Waals surface area (Å²) in [5.74, 6) is 1.77. The van der Waals surface area contributed by atoms with Gasteiger partial charge in [0.05, 0.1) is 25.9 Å². The van der Waals surface area contributed by atoms with E-state index in [1.54, 1.807) is 7.11 Å². The summed E-state index contributed by atoms with van der Waals surface area (Å²) in [5, 5.41) is 3.52. The molecule has 0 aromatic heterocycles. The fourth-order valence-corrected chi connectivity index (χ4v) is 3.48. The summed E-state index contributed by atoms with van der Waals surface area (Å²) in [5.41, 5.74) is 2.63. The van der Waals surface area contributed by atoms with E-state index in [1.165, 1.54) is 24.1 Å². The second-order valence-electron chi connectivity index (χ2n) is 6.09. The molecule has 108 valence electrons. The number of anilines is 1. The van der Waals surface area contributed by atoms with Crippen LogP contribution in [0.5, 0.6) is 5.75 Å². The van der Waals surface area contributed by atoms with Gasteiger partial charge >= 0.3 is 0 Å². The fraction of sp³-hybridized carbons (Fsp3) is 0.625. The highest BCUT2D eigenvalue weighted by atomic mass is 16.5. The number of nitrogens with zero attached hydrogens (tertiary/aromatic N) is 1. The molecular weight excluding hydrogens is 252 g/mol. The van der Waals surface area contributed by atoms with Crippen LogP contribution in [-0.2, 0) is 4.74 Å². The van der Waals surface area contributed by atoms with Gasteiger partial charge in [-0.2, -0.15) is 0 Å². The Kier molecular flexibility index (Phi) is 3.08. The number of hydrogen-bond acceptors (Lipinski definition) is 4. The first-order chi connectivity index (χ1) is 9.85. The summed E-state index contributed by atoms with van der Waals surface area (Å²) in [6, 6.07) is 6.81. The Morgan fingerprint density at radius 3 is 3.05 bits per heavy atom. The van der Waals surface area contributed by atoms with Crippen LogP contribution in [0.1, 0.15) is 24.4 Å². The van der Waals surface area contributed by atoms with Crippen LogP contribution in [0, 0.1) is 5.92 Å². The van der Waals surface area contributed by atoms with E-state index < -0.39 is 0 Å². The first-order valence-electron chi connectivity index (χ1n) is 7.62. The highest BCUT2D eigenvalue weighted by molar-refractivity contribution is 5.59. The lowest BCUT2D eigenvalue weighted by molar-refractivity contribution is -0.0511. The maximum absolute atomic E-state index is 5.94. The Morgan fingerprint density at radius 2 is 2.25 bits per heavy atom. The van der Waals surface area contributed by atoms with Crippen LogP contribution in [0.25, 0.3) is 0 Å². The predicted molar refractivity (Wildman–Crippen MR) is 78.3 cm³/mol. The number of rotatable bonds is 3. The first-order valence-corrected chi connectivity index (χ1v) is 7.62. The molecule has 0 amide bonds. The van der Waals surface area contributed by atoms with E-state index in [0.717, 1.165) is 37.9 Å². The average Bonchev–Trinajstić information content (AvgIpc) is 3.27. The third kappa shape index (κ3) is 2.17. The molecule has 1 N–H and O–H groups in total. The van der Waals surface area contributed by atoms with Crippen molar-refractivity contribution in [3.63, 3.8) is 0 Å². The van der Waals surface area contributed by atoms with Gasteiger partial charge in [-0.25, -0.2) is 0 Å². The van der Waals surface area contributed by atoms with E-state index in [9.17, 15) is 0 Å². The zero-order chi connectivity index (χ0) is 13.5. The number of morpholine rings is 1. The van der Waals surface area contributed by atoms with E-state index in [0.29, 0.717) is 12.1 Å². The van der Waals surface area contributed by atoms with Crippen molar-refractivity contribution in [2.45, 2.75) is 25.0 Å². The van der Waals surface area contributed by atoms with Crippen molar-refractivity contribution in [2.24, 2.45) is 5.92 Å². The largest absolute Gasteiger partial charge is 0.497 e. The van der Waals surface area contributed by atoms with Crippen LogP contribution in [0.15, 0.2) is 18.2 Å². The molecule has 2 atom stereocenters. The maximum Gasteiger partial charge on any atom is 0.119 e. The molecule has 20 heavy (non-hydrogen) atoms. The van der Waals surface area contributed by atoms with Gasteiger partial charge in [0.15, 0.2) is 0 Å². The van der Waals surface area contributed by atoms with E-state index in [1.807, 2.05) is 6.07 Å². The number of fused-ring (bicyclic) bond motifs is 1. The molecule has 3 aliphatic rings. The van der Waals surface area contributed by atoms with Crippen molar-refractivity contribution >= 4 is 5.69 Å². The van der Waals surface area contributed by atoms with Crippen molar-refractivity contribution in [1.82, 2.24) is 4.90 Å². The lowest BCUT2D eigenvalue weighted by Crippen LogP contribution is -2.45. The van der Waals surface area contributed by atoms with Gasteiger partial charge in [-0.1, -0.05) is 0 Å². The minimum Gasteiger partial charge on any atom is -0.497 e. The summed E-state index contributed by atoms with van der Waals surface area (Å²) in [7, 11) is 1.73. The van der Waals surface area contributed by atoms with Crippen molar-refractivity contribution in [3.8, 4) is 5.75 Å². The summed E-state index contributed by atoms with van der Waals surface area (Å²) >= 11 is 0. The normalized spacial score (nSPS) is 29.9. The zero-order valence-corrected chi connectivity index (χ0v) is 12.0. The quantitative estimate of drug-likeness (QED) is 0.917. The SMILES string of the molecule is COc1ccc2c(c1)C(N1CCOC(C3CC3)C1)CN2. The molecule has 0 radical (unpaired) electrons. The van der Waals surface area contributed by atoms with Crippen molar-refractivity contribution in [3.05, 3.63) is 23.8 Å². The van der Waals surface area contributed by atoms with Gasteiger partial charge in [-0.3, -0.25) is 4.90 Å². The molecule has 2 aliphatic heterocycles. The van der Waals surface area contributed by atoms with Crippen LogP contribution < -0.4 is 10.1 Å². The summed E-state index contributed by atoms with van der Waals surface area (Å²) < 4.78 is 11.3. The molecule has 1 saturated carbocycles. The standard InChI is InChI=1S/C16H22N2O2/c1-19-12-4-5-14-13(8-12)15(9-17-14)18-6-7-20-16(10-18)11-2-3-11/h4-5,8,11,15-17H,2-3,6-7,9-10H2,1H3. The van der Waals surface area contributed by atoms with E-state index in [-0.39, 0.29) is 0 Å². The number of benzene rings is 1. The Hall–Kier alpha value is -1.26. The summed E-state index contributed by atoms with van der Waals surface area (Å²) in [6.07, 6.45) is 3.16. The van der Waals surface area contributed by atoms with Crippen LogP contribution in [0.3, 0.4) is 0 Å². The topological polar surface area (TPSA) is 33.7 Å². The summed E-state index contributed by atoms with van der Waals surface area (Å²) in [6.45, 7) is 3.98. The molecule has 1 aliphatic carbocycles. The van der Waals surface area contributed by atoms with E-state index in [4.69, 9.17) is 9.47 Å². The third-order valence-corrected chi connectivity index (χ3v) is 4.82. The van der Waals surface area contributed by atoms with Gasteiger partial charge in [0.25, 0.3) is 0 Å². The number of hydrogen-bond donors (Lipinski definition) is 1. The molecule has 2 heterocycles. The fourth-order valence-electron chi connectivity index (χ4n) is 3.48. The molecule has 0 spiro atoms. The highest BCUT2D eigenvalue weighted by Crippen LogP contribution is 2.40. The molecule has 4 heteroatoms. The minimum atomic E-state index is 0.457. The Bertz CT molecular complexity index is 501. The second-order valence-corrected chi connectivity index (χ2v) is 6.09. The lowest BCUT2D eigenvalue weighted by atomic mass is 10.0. The molecule has 4 rings (SSSR count). The molecule has 1 aromatic carbocycles. The Labute approximate surface area is 120 Å². The van der Waals surface area contributed by atoms with Crippen molar-refractivity contribution in [1.29, 1.82) is 0 Å². The number of nitrogens with one attached hydrogen (secondary N) is 1. The zero-order valence-electron chi connectivity index (χ0n) is 12.0. The van der Waals surface area contributed by atoms with Crippen molar-refractivity contribution in [2.75, 3.05) is 38.7 Å². The van der Waals surface area contributed by atoms with Crippen LogP contribution >= 0.6 is 0 Å². The second kappa shape index (κ2) is 4.93. The Balaban J connectivity index is 1.55. The van der Waals surface area contributed by atoms with Crippen molar-refractivity contribution < 1.29 is 9.47 Å². The maximum atomic E-state index is 5.94. The third-order valence-electron chi connectivity index (χ3n) is 4.82. The average molecular weight is 274 g/mol. The van der Waals surface area contributed by atoms with Crippen LogP contribution in [0.4, 0.5) is 5.69 Å². The van der Waals surface area contributed by atoms with Gasteiger partial charge < -0.3 is 14.8 Å². The Morgan fingerprint density at radius 1 is 1.35 bits per heavy atom. The predicted octanol–water partition coefficient (Wildman–Crippen LogP) is 2.27. The van der Waals surface area contributed by atoms with Crippen LogP contribution in [0.2, 0.25) is 0 Å². The molecule has 4 nitrogen and oxygen atoms in total. The first kappa shape index (κ1) is 12.5. The van der Waals surface area contributed by atoms with Gasteiger partial charge in [0, 0.05) is 25.3 Å². The number of ether oxygens (including phenoxy) is 2. The monoisotopic (exact) mass is 274 g/mol. The van der Waals surface area contributed by atoms with Gasteiger partial charge in [-0.15, -0.1) is 0 Å². The number of methoxy groups -OCH3 is 1. The molecule has 2 unspecified atom stereocenters. The van der Waals surface area contributed by atoms with Gasteiger partial charge in [0.1, 0.15) is 5.75 Å². The van der Waals surface area contributed by atoms with Crippen LogP contribution in [-0.4, -0.2) is 44.4 Å².